The minimum atomic E-state index is 0.211. The largest absolute Gasteiger partial charge is 0.303 e. The maximum Gasteiger partial charge on any atom is 0.120 e. The van der Waals surface area contributed by atoms with Crippen LogP contribution in [0.15, 0.2) is 24.3 Å². The van der Waals surface area contributed by atoms with Crippen molar-refractivity contribution < 1.29 is 4.79 Å². The molecule has 0 saturated carbocycles. The van der Waals surface area contributed by atoms with Crippen molar-refractivity contribution >= 4 is 6.29 Å². The Kier molecular flexibility index (Phi) is 4.92. The molecule has 0 aliphatic rings. The highest BCUT2D eigenvalue weighted by Crippen LogP contribution is 2.28. The third-order valence-electron chi connectivity index (χ3n) is 3.37. The predicted molar refractivity (Wildman–Crippen MR) is 73.5 cm³/mol. The second kappa shape index (κ2) is 6.00. The molecule has 1 nitrogen and oxygen atoms in total. The summed E-state index contributed by atoms with van der Waals surface area (Å²) in [5, 5.41) is 0. The summed E-state index contributed by atoms with van der Waals surface area (Å²) in [5.41, 5.74) is 2.94. The number of carbonyl (C=O) groups is 1. The van der Waals surface area contributed by atoms with Crippen LogP contribution in [0.1, 0.15) is 64.0 Å². The average Bonchev–Trinajstić information content (AvgIpc) is 2.29. The molecule has 1 aromatic rings. The summed E-state index contributed by atoms with van der Waals surface area (Å²) in [6.07, 6.45) is 3.75. The molecule has 0 amide bonds. The summed E-state index contributed by atoms with van der Waals surface area (Å²) < 4.78 is 0. The van der Waals surface area contributed by atoms with Crippen molar-refractivity contribution in [3.63, 3.8) is 0 Å². The second-order valence-electron chi connectivity index (χ2n) is 5.72. The molecule has 0 heterocycles. The Balaban J connectivity index is 2.81. The first-order chi connectivity index (χ1) is 7.99. The van der Waals surface area contributed by atoms with E-state index in [0.717, 1.165) is 19.1 Å². The fourth-order valence-corrected chi connectivity index (χ4v) is 2.13. The Morgan fingerprint density at radius 3 is 2.18 bits per heavy atom. The van der Waals surface area contributed by atoms with Gasteiger partial charge in [-0.25, -0.2) is 0 Å². The zero-order valence-electron chi connectivity index (χ0n) is 11.5. The van der Waals surface area contributed by atoms with Crippen LogP contribution < -0.4 is 0 Å². The van der Waals surface area contributed by atoms with Gasteiger partial charge in [-0.05, 0) is 35.3 Å². The van der Waals surface area contributed by atoms with Gasteiger partial charge >= 0.3 is 0 Å². The van der Waals surface area contributed by atoms with E-state index in [2.05, 4.69) is 52.0 Å². The van der Waals surface area contributed by atoms with E-state index in [1.54, 1.807) is 0 Å². The Labute approximate surface area is 105 Å². The molecule has 0 aliphatic heterocycles. The first kappa shape index (κ1) is 14.0. The molecule has 0 aromatic heterocycles. The number of rotatable bonds is 5. The van der Waals surface area contributed by atoms with E-state index in [1.807, 2.05) is 0 Å². The highest BCUT2D eigenvalue weighted by Gasteiger charge is 2.14. The summed E-state index contributed by atoms with van der Waals surface area (Å²) in [6.45, 7) is 8.87. The molecule has 1 aromatic carbocycles. The third kappa shape index (κ3) is 3.99. The van der Waals surface area contributed by atoms with E-state index in [0.29, 0.717) is 12.3 Å². The van der Waals surface area contributed by atoms with Crippen molar-refractivity contribution in [2.45, 2.75) is 58.3 Å². The van der Waals surface area contributed by atoms with Crippen molar-refractivity contribution in [2.75, 3.05) is 0 Å². The van der Waals surface area contributed by atoms with Crippen LogP contribution in [0.5, 0.6) is 0 Å². The Hall–Kier alpha value is -1.11. The van der Waals surface area contributed by atoms with Crippen LogP contribution in [-0.4, -0.2) is 6.29 Å². The van der Waals surface area contributed by atoms with Crippen LogP contribution in [0.2, 0.25) is 0 Å². The molecule has 0 bridgehead atoms. The molecule has 0 radical (unpaired) electrons. The number of hydrogen-bond donors (Lipinski definition) is 0. The van der Waals surface area contributed by atoms with Gasteiger partial charge in [0, 0.05) is 6.42 Å². The van der Waals surface area contributed by atoms with Crippen molar-refractivity contribution in [3.8, 4) is 0 Å². The maximum atomic E-state index is 10.4. The van der Waals surface area contributed by atoms with Gasteiger partial charge in [0.15, 0.2) is 0 Å². The summed E-state index contributed by atoms with van der Waals surface area (Å²) in [7, 11) is 0. The molecule has 0 fully saturated rings. The molecule has 1 rings (SSSR count). The van der Waals surface area contributed by atoms with Crippen molar-refractivity contribution in [1.29, 1.82) is 0 Å². The average molecular weight is 232 g/mol. The molecule has 0 N–H and O–H groups in total. The van der Waals surface area contributed by atoms with Crippen LogP contribution in [0.3, 0.4) is 0 Å². The van der Waals surface area contributed by atoms with Crippen LogP contribution >= 0.6 is 0 Å². The number of carbonyl (C=O) groups excluding carboxylic acids is 1. The molecule has 1 atom stereocenters. The summed E-state index contributed by atoms with van der Waals surface area (Å²) >= 11 is 0. The topological polar surface area (TPSA) is 17.1 Å². The van der Waals surface area contributed by atoms with Crippen molar-refractivity contribution in [2.24, 2.45) is 0 Å². The normalized spacial score (nSPS) is 13.4. The van der Waals surface area contributed by atoms with Crippen molar-refractivity contribution in [1.82, 2.24) is 0 Å². The second-order valence-corrected chi connectivity index (χ2v) is 5.72. The minimum absolute atomic E-state index is 0.211. The minimum Gasteiger partial charge on any atom is -0.303 e. The lowest BCUT2D eigenvalue weighted by Crippen LogP contribution is -2.11. The zero-order valence-corrected chi connectivity index (χ0v) is 11.5. The van der Waals surface area contributed by atoms with Gasteiger partial charge in [-0.1, -0.05) is 52.0 Å². The molecule has 0 saturated heterocycles. The number of aldehydes is 1. The van der Waals surface area contributed by atoms with Crippen LogP contribution in [0, 0.1) is 0 Å². The fourth-order valence-electron chi connectivity index (χ4n) is 2.13. The summed E-state index contributed by atoms with van der Waals surface area (Å²) in [4.78, 5) is 10.4. The van der Waals surface area contributed by atoms with E-state index in [4.69, 9.17) is 0 Å². The first-order valence-corrected chi connectivity index (χ1v) is 6.53. The van der Waals surface area contributed by atoms with Gasteiger partial charge in [0.25, 0.3) is 0 Å². The molecule has 17 heavy (non-hydrogen) atoms. The summed E-state index contributed by atoms with van der Waals surface area (Å²) in [5.74, 6) is 0.522. The lowest BCUT2D eigenvalue weighted by molar-refractivity contribution is -0.108. The Bertz CT molecular complexity index is 343. The highest BCUT2D eigenvalue weighted by atomic mass is 16.1. The highest BCUT2D eigenvalue weighted by molar-refractivity contribution is 5.49. The monoisotopic (exact) mass is 232 g/mol. The van der Waals surface area contributed by atoms with Gasteiger partial charge in [0.05, 0.1) is 0 Å². The molecular weight excluding hydrogens is 208 g/mol. The van der Waals surface area contributed by atoms with Crippen LogP contribution in [0.25, 0.3) is 0 Å². The van der Waals surface area contributed by atoms with E-state index in [-0.39, 0.29) is 5.41 Å². The fraction of sp³-hybridized carbons (Fsp3) is 0.562. The molecule has 0 spiro atoms. The lowest BCUT2D eigenvalue weighted by atomic mass is 9.84. The molecule has 0 aliphatic carbocycles. The van der Waals surface area contributed by atoms with Crippen LogP contribution in [0.4, 0.5) is 0 Å². The van der Waals surface area contributed by atoms with Gasteiger partial charge in [-0.2, -0.15) is 0 Å². The van der Waals surface area contributed by atoms with Gasteiger partial charge in [-0.3, -0.25) is 0 Å². The molecule has 94 valence electrons. The van der Waals surface area contributed by atoms with E-state index in [1.165, 1.54) is 11.1 Å². The third-order valence-corrected chi connectivity index (χ3v) is 3.37. The van der Waals surface area contributed by atoms with E-state index < -0.39 is 0 Å². The van der Waals surface area contributed by atoms with Gasteiger partial charge in [0.2, 0.25) is 0 Å². The Morgan fingerprint density at radius 2 is 1.76 bits per heavy atom. The zero-order chi connectivity index (χ0) is 12.9. The lowest BCUT2D eigenvalue weighted by Gasteiger charge is -2.21. The Morgan fingerprint density at radius 1 is 1.18 bits per heavy atom. The van der Waals surface area contributed by atoms with Gasteiger partial charge in [0.1, 0.15) is 6.29 Å². The number of hydrogen-bond acceptors (Lipinski definition) is 1. The maximum absolute atomic E-state index is 10.4. The standard InChI is InChI=1S/C16H24O/c1-5-13(7-6-12-17)14-8-10-15(11-9-14)16(2,3)4/h8-13H,5-7H2,1-4H3/t13-/m1/s1. The van der Waals surface area contributed by atoms with Crippen LogP contribution in [-0.2, 0) is 10.2 Å². The molecule has 0 unspecified atom stereocenters. The van der Waals surface area contributed by atoms with Gasteiger partial charge in [-0.15, -0.1) is 0 Å². The van der Waals surface area contributed by atoms with Crippen molar-refractivity contribution in [3.05, 3.63) is 35.4 Å². The smallest absolute Gasteiger partial charge is 0.120 e. The molecular formula is C16H24O. The SMILES string of the molecule is CC[C@H](CCC=O)c1ccc(C(C)(C)C)cc1. The number of benzene rings is 1. The first-order valence-electron chi connectivity index (χ1n) is 6.53. The molecule has 1 heteroatoms. The summed E-state index contributed by atoms with van der Waals surface area (Å²) in [6, 6.07) is 8.89. The quantitative estimate of drug-likeness (QED) is 0.685. The van der Waals surface area contributed by atoms with E-state index in [9.17, 15) is 4.79 Å². The predicted octanol–water partition coefficient (Wildman–Crippen LogP) is 4.46. The van der Waals surface area contributed by atoms with Gasteiger partial charge < -0.3 is 4.79 Å². The van der Waals surface area contributed by atoms with E-state index >= 15 is 0 Å².